The lowest BCUT2D eigenvalue weighted by molar-refractivity contribution is -0.0502. The predicted molar refractivity (Wildman–Crippen MR) is 123 cm³/mol. The van der Waals surface area contributed by atoms with Crippen LogP contribution < -0.4 is 5.32 Å². The van der Waals surface area contributed by atoms with Gasteiger partial charge in [0.1, 0.15) is 0 Å². The minimum atomic E-state index is 0.267. The summed E-state index contributed by atoms with van der Waals surface area (Å²) in [4.78, 5) is 9.64. The molecule has 6 rings (SSSR count). The second-order valence-corrected chi connectivity index (χ2v) is 9.52. The highest BCUT2D eigenvalue weighted by molar-refractivity contribution is 5.80. The SMILES string of the molecule is CN=C(NCC1C2Cc3ccccc3C12)N1CC2OCCN(Cc3ccccc3)C2C1. The molecular formula is C26H32N4O. The van der Waals surface area contributed by atoms with Crippen molar-refractivity contribution in [3.05, 3.63) is 71.3 Å². The van der Waals surface area contributed by atoms with Crippen molar-refractivity contribution in [3.63, 3.8) is 0 Å². The highest BCUT2D eigenvalue weighted by Crippen LogP contribution is 2.60. The van der Waals surface area contributed by atoms with E-state index in [2.05, 4.69) is 74.7 Å². The van der Waals surface area contributed by atoms with Gasteiger partial charge in [-0.15, -0.1) is 0 Å². The zero-order chi connectivity index (χ0) is 20.8. The first-order valence-corrected chi connectivity index (χ1v) is 11.7. The molecule has 2 aromatic rings. The van der Waals surface area contributed by atoms with Crippen LogP contribution in [0.2, 0.25) is 0 Å². The van der Waals surface area contributed by atoms with Crippen molar-refractivity contribution in [2.45, 2.75) is 31.0 Å². The van der Waals surface area contributed by atoms with E-state index in [0.717, 1.165) is 63.0 Å². The first-order valence-electron chi connectivity index (χ1n) is 11.7. The Balaban J connectivity index is 1.07. The van der Waals surface area contributed by atoms with Gasteiger partial charge in [0.25, 0.3) is 0 Å². The normalized spacial score (nSPS) is 31.8. The van der Waals surface area contributed by atoms with Crippen LogP contribution in [-0.4, -0.2) is 67.7 Å². The predicted octanol–water partition coefficient (Wildman–Crippen LogP) is 2.73. The van der Waals surface area contributed by atoms with Gasteiger partial charge in [0.2, 0.25) is 0 Å². The minimum Gasteiger partial charge on any atom is -0.373 e. The van der Waals surface area contributed by atoms with E-state index in [4.69, 9.17) is 4.74 Å². The summed E-state index contributed by atoms with van der Waals surface area (Å²) in [7, 11) is 1.91. The van der Waals surface area contributed by atoms with E-state index in [9.17, 15) is 0 Å². The number of likely N-dealkylation sites (tertiary alicyclic amines) is 1. The Hall–Kier alpha value is -2.37. The maximum atomic E-state index is 6.17. The van der Waals surface area contributed by atoms with Crippen LogP contribution in [0.3, 0.4) is 0 Å². The Morgan fingerprint density at radius 1 is 1.10 bits per heavy atom. The topological polar surface area (TPSA) is 40.1 Å². The molecule has 2 aliphatic heterocycles. The van der Waals surface area contributed by atoms with Gasteiger partial charge in [0.05, 0.1) is 18.8 Å². The number of hydrogen-bond donors (Lipinski definition) is 1. The van der Waals surface area contributed by atoms with E-state index < -0.39 is 0 Å². The van der Waals surface area contributed by atoms with Gasteiger partial charge in [0, 0.05) is 39.8 Å². The molecule has 0 radical (unpaired) electrons. The average Bonchev–Trinajstić information content (AvgIpc) is 3.12. The van der Waals surface area contributed by atoms with Crippen molar-refractivity contribution in [2.24, 2.45) is 16.8 Å². The number of morpholine rings is 1. The van der Waals surface area contributed by atoms with Gasteiger partial charge in [-0.25, -0.2) is 0 Å². The maximum Gasteiger partial charge on any atom is 0.193 e. The largest absolute Gasteiger partial charge is 0.373 e. The Bertz CT molecular complexity index is 961. The standard InChI is InChI=1S/C26H32N4O/c1-27-26(28-14-22-21-13-19-9-5-6-10-20(19)25(21)22)30-16-23-24(17-30)31-12-11-29(23)15-18-7-3-2-4-8-18/h2-10,21-25H,11-17H2,1H3,(H,27,28). The third-order valence-corrected chi connectivity index (χ3v) is 7.85. The van der Waals surface area contributed by atoms with Crippen molar-refractivity contribution in [3.8, 4) is 0 Å². The van der Waals surface area contributed by atoms with E-state index in [-0.39, 0.29) is 6.10 Å². The van der Waals surface area contributed by atoms with Crippen molar-refractivity contribution in [1.29, 1.82) is 0 Å². The molecule has 2 aromatic carbocycles. The van der Waals surface area contributed by atoms with Gasteiger partial charge in [-0.05, 0) is 40.9 Å². The van der Waals surface area contributed by atoms with Gasteiger partial charge in [-0.1, -0.05) is 54.6 Å². The number of ether oxygens (including phenoxy) is 1. The number of fused-ring (bicyclic) bond motifs is 4. The van der Waals surface area contributed by atoms with Gasteiger partial charge in [-0.3, -0.25) is 9.89 Å². The number of hydrogen-bond acceptors (Lipinski definition) is 3. The van der Waals surface area contributed by atoms with Crippen molar-refractivity contribution in [2.75, 3.05) is 39.8 Å². The third-order valence-electron chi connectivity index (χ3n) is 7.85. The van der Waals surface area contributed by atoms with Gasteiger partial charge in [-0.2, -0.15) is 0 Å². The van der Waals surface area contributed by atoms with Crippen LogP contribution in [0.1, 0.15) is 22.6 Å². The molecule has 5 atom stereocenters. The van der Waals surface area contributed by atoms with E-state index >= 15 is 0 Å². The third kappa shape index (κ3) is 3.54. The summed E-state index contributed by atoms with van der Waals surface area (Å²) in [6, 6.07) is 20.2. The Labute approximate surface area is 185 Å². The fraction of sp³-hybridized carbons (Fsp3) is 0.500. The fourth-order valence-electron chi connectivity index (χ4n) is 6.25. The lowest BCUT2D eigenvalue weighted by Gasteiger charge is -2.36. The molecule has 0 aromatic heterocycles. The van der Waals surface area contributed by atoms with Crippen molar-refractivity contribution in [1.82, 2.24) is 15.1 Å². The molecule has 1 saturated carbocycles. The lowest BCUT2D eigenvalue weighted by atomic mass is 10.0. The molecule has 2 aliphatic carbocycles. The molecule has 0 amide bonds. The monoisotopic (exact) mass is 416 g/mol. The molecular weight excluding hydrogens is 384 g/mol. The summed E-state index contributed by atoms with van der Waals surface area (Å²) in [5, 5.41) is 3.71. The molecule has 2 heterocycles. The second kappa shape index (κ2) is 7.95. The van der Waals surface area contributed by atoms with Gasteiger partial charge in [0.15, 0.2) is 5.96 Å². The van der Waals surface area contributed by atoms with Crippen LogP contribution in [0.25, 0.3) is 0 Å². The molecule has 0 spiro atoms. The first-order chi connectivity index (χ1) is 15.3. The molecule has 3 fully saturated rings. The van der Waals surface area contributed by atoms with E-state index in [0.29, 0.717) is 6.04 Å². The molecule has 2 saturated heterocycles. The smallest absolute Gasteiger partial charge is 0.193 e. The molecule has 4 aliphatic rings. The van der Waals surface area contributed by atoms with Gasteiger partial charge < -0.3 is 15.0 Å². The van der Waals surface area contributed by atoms with Crippen LogP contribution in [-0.2, 0) is 17.7 Å². The quantitative estimate of drug-likeness (QED) is 0.615. The summed E-state index contributed by atoms with van der Waals surface area (Å²) in [5.41, 5.74) is 4.54. The summed E-state index contributed by atoms with van der Waals surface area (Å²) in [5.74, 6) is 3.37. The van der Waals surface area contributed by atoms with Crippen LogP contribution in [0, 0.1) is 11.8 Å². The average molecular weight is 417 g/mol. The van der Waals surface area contributed by atoms with Crippen LogP contribution >= 0.6 is 0 Å². The molecule has 5 heteroatoms. The summed E-state index contributed by atoms with van der Waals surface area (Å²) in [6.07, 6.45) is 1.52. The van der Waals surface area contributed by atoms with Crippen molar-refractivity contribution < 1.29 is 4.74 Å². The minimum absolute atomic E-state index is 0.267. The van der Waals surface area contributed by atoms with Crippen LogP contribution in [0.15, 0.2) is 59.6 Å². The molecule has 0 bridgehead atoms. The van der Waals surface area contributed by atoms with E-state index in [1.807, 2.05) is 7.05 Å². The summed E-state index contributed by atoms with van der Waals surface area (Å²) >= 11 is 0. The second-order valence-electron chi connectivity index (χ2n) is 9.52. The Kier molecular flexibility index (Phi) is 4.96. The highest BCUT2D eigenvalue weighted by atomic mass is 16.5. The maximum absolute atomic E-state index is 6.17. The van der Waals surface area contributed by atoms with Crippen LogP contribution in [0.5, 0.6) is 0 Å². The zero-order valence-corrected chi connectivity index (χ0v) is 18.3. The Morgan fingerprint density at radius 2 is 1.94 bits per heavy atom. The van der Waals surface area contributed by atoms with Crippen molar-refractivity contribution >= 4 is 5.96 Å². The number of nitrogens with one attached hydrogen (secondary N) is 1. The first kappa shape index (κ1) is 19.3. The summed E-state index contributed by atoms with van der Waals surface area (Å²) in [6.45, 7) is 5.75. The summed E-state index contributed by atoms with van der Waals surface area (Å²) < 4.78 is 6.17. The lowest BCUT2D eigenvalue weighted by Crippen LogP contribution is -2.50. The molecule has 31 heavy (non-hydrogen) atoms. The number of benzene rings is 2. The molecule has 5 unspecified atom stereocenters. The number of aliphatic imine (C=N–C) groups is 1. The zero-order valence-electron chi connectivity index (χ0n) is 18.3. The fourth-order valence-corrected chi connectivity index (χ4v) is 6.25. The molecule has 162 valence electrons. The Morgan fingerprint density at radius 3 is 2.81 bits per heavy atom. The molecule has 1 N–H and O–H groups in total. The highest BCUT2D eigenvalue weighted by Gasteiger charge is 2.55. The van der Waals surface area contributed by atoms with Crippen LogP contribution in [0.4, 0.5) is 0 Å². The van der Waals surface area contributed by atoms with Gasteiger partial charge >= 0.3 is 0 Å². The molecule has 5 nitrogen and oxygen atoms in total. The van der Waals surface area contributed by atoms with E-state index in [1.54, 1.807) is 11.1 Å². The van der Waals surface area contributed by atoms with E-state index in [1.165, 1.54) is 12.0 Å². The number of rotatable bonds is 4. The number of guanidine groups is 1. The number of nitrogens with zero attached hydrogens (tertiary/aromatic N) is 3.